The van der Waals surface area contributed by atoms with E-state index in [4.69, 9.17) is 5.11 Å². The standard InChI is InChI=1S/C16H17N3O4S/c1-24(22,23)19-7-3-6-15(19)14-10-17-9-13(18-14)11-4-2-5-12(8-11)16(20)21/h2,4-5,8-10,15H,3,6-7H2,1H3,(H,20,21). The van der Waals surface area contributed by atoms with E-state index in [1.165, 1.54) is 22.7 Å². The first-order valence-electron chi connectivity index (χ1n) is 7.49. The maximum atomic E-state index is 11.9. The fourth-order valence-electron chi connectivity index (χ4n) is 2.92. The van der Waals surface area contributed by atoms with Crippen LogP contribution in [0.1, 0.15) is 34.9 Å². The number of carboxylic acids is 1. The number of aromatic nitrogens is 2. The van der Waals surface area contributed by atoms with Crippen molar-refractivity contribution in [1.29, 1.82) is 0 Å². The van der Waals surface area contributed by atoms with Gasteiger partial charge in [0.15, 0.2) is 0 Å². The summed E-state index contributed by atoms with van der Waals surface area (Å²) in [6.07, 6.45) is 5.78. The smallest absolute Gasteiger partial charge is 0.335 e. The molecule has 7 nitrogen and oxygen atoms in total. The number of hydrogen-bond donors (Lipinski definition) is 1. The molecule has 0 bridgehead atoms. The normalized spacial score (nSPS) is 18.6. The van der Waals surface area contributed by atoms with Crippen LogP contribution in [0.3, 0.4) is 0 Å². The van der Waals surface area contributed by atoms with Gasteiger partial charge in [-0.05, 0) is 25.0 Å². The summed E-state index contributed by atoms with van der Waals surface area (Å²) >= 11 is 0. The average molecular weight is 347 g/mol. The molecule has 1 aromatic carbocycles. The fraction of sp³-hybridized carbons (Fsp3) is 0.312. The molecule has 126 valence electrons. The Balaban J connectivity index is 1.98. The number of carboxylic acid groups (broad SMARTS) is 1. The molecule has 0 saturated carbocycles. The van der Waals surface area contributed by atoms with Gasteiger partial charge in [0.25, 0.3) is 0 Å². The third-order valence-electron chi connectivity index (χ3n) is 4.03. The second kappa shape index (κ2) is 6.29. The lowest BCUT2D eigenvalue weighted by atomic mass is 10.1. The van der Waals surface area contributed by atoms with Gasteiger partial charge in [0, 0.05) is 12.1 Å². The molecule has 1 aliphatic rings. The van der Waals surface area contributed by atoms with Gasteiger partial charge in [-0.2, -0.15) is 4.31 Å². The van der Waals surface area contributed by atoms with Crippen LogP contribution in [-0.2, 0) is 10.0 Å². The molecule has 1 fully saturated rings. The van der Waals surface area contributed by atoms with Gasteiger partial charge in [0.1, 0.15) is 0 Å². The molecule has 1 N–H and O–H groups in total. The van der Waals surface area contributed by atoms with E-state index in [1.54, 1.807) is 24.5 Å². The Bertz CT molecular complexity index is 882. The quantitative estimate of drug-likeness (QED) is 0.907. The van der Waals surface area contributed by atoms with Crippen LogP contribution >= 0.6 is 0 Å². The molecule has 8 heteroatoms. The van der Waals surface area contributed by atoms with Crippen molar-refractivity contribution in [3.63, 3.8) is 0 Å². The Hall–Kier alpha value is -2.32. The highest BCUT2D eigenvalue weighted by molar-refractivity contribution is 7.88. The molecule has 0 amide bonds. The maximum Gasteiger partial charge on any atom is 0.335 e. The van der Waals surface area contributed by atoms with E-state index in [2.05, 4.69) is 9.97 Å². The Morgan fingerprint density at radius 2 is 2.12 bits per heavy atom. The van der Waals surface area contributed by atoms with Crippen molar-refractivity contribution in [2.45, 2.75) is 18.9 Å². The number of benzene rings is 1. The topological polar surface area (TPSA) is 100 Å². The average Bonchev–Trinajstić information content (AvgIpc) is 3.05. The van der Waals surface area contributed by atoms with Gasteiger partial charge < -0.3 is 5.11 Å². The van der Waals surface area contributed by atoms with E-state index in [9.17, 15) is 13.2 Å². The van der Waals surface area contributed by atoms with Crippen LogP contribution in [0.15, 0.2) is 36.7 Å². The van der Waals surface area contributed by atoms with Crippen molar-refractivity contribution in [1.82, 2.24) is 14.3 Å². The van der Waals surface area contributed by atoms with Crippen molar-refractivity contribution in [3.05, 3.63) is 47.9 Å². The van der Waals surface area contributed by atoms with E-state index in [-0.39, 0.29) is 11.6 Å². The number of rotatable bonds is 4. The molecule has 24 heavy (non-hydrogen) atoms. The summed E-state index contributed by atoms with van der Waals surface area (Å²) < 4.78 is 25.2. The molecule has 0 radical (unpaired) electrons. The molecule has 1 atom stereocenters. The minimum Gasteiger partial charge on any atom is -0.478 e. The molecule has 2 heterocycles. The zero-order chi connectivity index (χ0) is 17.3. The first-order chi connectivity index (χ1) is 11.4. The van der Waals surface area contributed by atoms with Crippen LogP contribution in [0, 0.1) is 0 Å². The van der Waals surface area contributed by atoms with Crippen LogP contribution in [0.25, 0.3) is 11.3 Å². The summed E-state index contributed by atoms with van der Waals surface area (Å²) in [7, 11) is -3.31. The monoisotopic (exact) mass is 347 g/mol. The molecule has 0 aliphatic carbocycles. The number of aromatic carboxylic acids is 1. The van der Waals surface area contributed by atoms with Crippen LogP contribution in [0.2, 0.25) is 0 Å². The molecule has 2 aromatic rings. The molecule has 1 aromatic heterocycles. The minimum absolute atomic E-state index is 0.165. The lowest BCUT2D eigenvalue weighted by Gasteiger charge is -2.21. The summed E-state index contributed by atoms with van der Waals surface area (Å²) in [4.78, 5) is 19.8. The Kier molecular flexibility index (Phi) is 4.33. The highest BCUT2D eigenvalue weighted by Crippen LogP contribution is 2.33. The third-order valence-corrected chi connectivity index (χ3v) is 5.32. The Labute approximate surface area is 140 Å². The Morgan fingerprint density at radius 1 is 1.33 bits per heavy atom. The second-order valence-electron chi connectivity index (χ2n) is 5.75. The number of carbonyl (C=O) groups is 1. The SMILES string of the molecule is CS(=O)(=O)N1CCCC1c1cncc(-c2cccc(C(=O)O)c2)n1. The van der Waals surface area contributed by atoms with Crippen molar-refractivity contribution < 1.29 is 18.3 Å². The van der Waals surface area contributed by atoms with Gasteiger partial charge in [-0.1, -0.05) is 12.1 Å². The number of sulfonamides is 1. The zero-order valence-corrected chi connectivity index (χ0v) is 13.9. The van der Waals surface area contributed by atoms with Gasteiger partial charge in [-0.3, -0.25) is 4.98 Å². The lowest BCUT2D eigenvalue weighted by Crippen LogP contribution is -2.30. The number of nitrogens with zero attached hydrogens (tertiary/aromatic N) is 3. The lowest BCUT2D eigenvalue weighted by molar-refractivity contribution is 0.0697. The zero-order valence-electron chi connectivity index (χ0n) is 13.1. The van der Waals surface area contributed by atoms with Crippen molar-refractivity contribution in [2.75, 3.05) is 12.8 Å². The molecular formula is C16H17N3O4S. The highest BCUT2D eigenvalue weighted by Gasteiger charge is 2.33. The third kappa shape index (κ3) is 3.29. The van der Waals surface area contributed by atoms with Gasteiger partial charge >= 0.3 is 5.97 Å². The van der Waals surface area contributed by atoms with E-state index in [0.29, 0.717) is 29.9 Å². The summed E-state index contributed by atoms with van der Waals surface area (Å²) in [6, 6.07) is 6.11. The van der Waals surface area contributed by atoms with Gasteiger partial charge in [-0.15, -0.1) is 0 Å². The molecular weight excluding hydrogens is 330 g/mol. The van der Waals surface area contributed by atoms with E-state index in [0.717, 1.165) is 6.42 Å². The predicted molar refractivity (Wildman–Crippen MR) is 88.0 cm³/mol. The van der Waals surface area contributed by atoms with Crippen molar-refractivity contribution in [3.8, 4) is 11.3 Å². The van der Waals surface area contributed by atoms with E-state index < -0.39 is 16.0 Å². The summed E-state index contributed by atoms with van der Waals surface area (Å²) in [5, 5.41) is 9.10. The van der Waals surface area contributed by atoms with Crippen LogP contribution in [0.5, 0.6) is 0 Å². The molecule has 3 rings (SSSR count). The van der Waals surface area contributed by atoms with Gasteiger partial charge in [-0.25, -0.2) is 18.2 Å². The van der Waals surface area contributed by atoms with Crippen molar-refractivity contribution >= 4 is 16.0 Å². The Morgan fingerprint density at radius 3 is 2.83 bits per heavy atom. The largest absolute Gasteiger partial charge is 0.478 e. The van der Waals surface area contributed by atoms with Crippen molar-refractivity contribution in [2.24, 2.45) is 0 Å². The maximum absolute atomic E-state index is 11.9. The minimum atomic E-state index is -3.31. The molecule has 1 aliphatic heterocycles. The second-order valence-corrected chi connectivity index (χ2v) is 7.68. The predicted octanol–water partition coefficient (Wildman–Crippen LogP) is 1.94. The summed E-state index contributed by atoms with van der Waals surface area (Å²) in [5.41, 5.74) is 1.90. The van der Waals surface area contributed by atoms with E-state index in [1.807, 2.05) is 0 Å². The first-order valence-corrected chi connectivity index (χ1v) is 9.33. The molecule has 1 saturated heterocycles. The first kappa shape index (κ1) is 16.5. The molecule has 0 spiro atoms. The number of hydrogen-bond acceptors (Lipinski definition) is 5. The molecule has 1 unspecified atom stereocenters. The van der Waals surface area contributed by atoms with Crippen LogP contribution in [-0.4, -0.2) is 46.6 Å². The summed E-state index contributed by atoms with van der Waals surface area (Å²) in [6.45, 7) is 0.476. The van der Waals surface area contributed by atoms with E-state index >= 15 is 0 Å². The van der Waals surface area contributed by atoms with Gasteiger partial charge in [0.05, 0.1) is 41.6 Å². The van der Waals surface area contributed by atoms with Gasteiger partial charge in [0.2, 0.25) is 10.0 Å². The fourth-order valence-corrected chi connectivity index (χ4v) is 4.06. The highest BCUT2D eigenvalue weighted by atomic mass is 32.2. The summed E-state index contributed by atoms with van der Waals surface area (Å²) in [5.74, 6) is -1.01. The van der Waals surface area contributed by atoms with Crippen LogP contribution < -0.4 is 0 Å². The van der Waals surface area contributed by atoms with Crippen LogP contribution in [0.4, 0.5) is 0 Å².